The van der Waals surface area contributed by atoms with E-state index in [9.17, 15) is 4.39 Å². The Morgan fingerprint density at radius 1 is 1.62 bits per heavy atom. The standard InChI is InChI=1S/C10H7BrFN/c1-7(4-5-13)8-2-3-10(12)9(11)6-8/h2-4,6H,1H3/b7-4-. The Morgan fingerprint density at radius 2 is 2.31 bits per heavy atom. The number of nitrogens with zero attached hydrogens (tertiary/aromatic N) is 1. The van der Waals surface area contributed by atoms with Gasteiger partial charge in [-0.15, -0.1) is 0 Å². The van der Waals surface area contributed by atoms with Gasteiger partial charge in [0, 0.05) is 6.08 Å². The van der Waals surface area contributed by atoms with Crippen molar-refractivity contribution in [2.75, 3.05) is 0 Å². The van der Waals surface area contributed by atoms with Crippen LogP contribution in [0.25, 0.3) is 5.57 Å². The van der Waals surface area contributed by atoms with E-state index in [1.807, 2.05) is 13.0 Å². The molecule has 0 aromatic heterocycles. The summed E-state index contributed by atoms with van der Waals surface area (Å²) in [5.41, 5.74) is 1.66. The van der Waals surface area contributed by atoms with Gasteiger partial charge in [0.05, 0.1) is 10.5 Å². The Hall–Kier alpha value is -1.14. The molecule has 0 atom stereocenters. The Balaban J connectivity index is 3.13. The van der Waals surface area contributed by atoms with Gasteiger partial charge in [-0.25, -0.2) is 4.39 Å². The number of hydrogen-bond acceptors (Lipinski definition) is 1. The molecule has 0 saturated carbocycles. The average molecular weight is 240 g/mol. The molecule has 0 radical (unpaired) electrons. The first-order valence-electron chi connectivity index (χ1n) is 3.67. The third kappa shape index (κ3) is 2.40. The molecule has 0 heterocycles. The topological polar surface area (TPSA) is 23.8 Å². The largest absolute Gasteiger partial charge is 0.206 e. The van der Waals surface area contributed by atoms with Gasteiger partial charge in [0.15, 0.2) is 0 Å². The Kier molecular flexibility index (Phi) is 3.21. The minimum absolute atomic E-state index is 0.298. The molecule has 0 saturated heterocycles. The van der Waals surface area contributed by atoms with Crippen LogP contribution in [-0.4, -0.2) is 0 Å². The van der Waals surface area contributed by atoms with Gasteiger partial charge in [-0.2, -0.15) is 5.26 Å². The highest BCUT2D eigenvalue weighted by atomic mass is 79.9. The first-order chi connectivity index (χ1) is 6.15. The van der Waals surface area contributed by atoms with Crippen LogP contribution < -0.4 is 0 Å². The second-order valence-corrected chi connectivity index (χ2v) is 3.44. The molecular formula is C10H7BrFN. The number of benzene rings is 1. The second kappa shape index (κ2) is 4.20. The summed E-state index contributed by atoms with van der Waals surface area (Å²) in [6.07, 6.45) is 1.43. The SMILES string of the molecule is C/C(=C/C#N)c1ccc(F)c(Br)c1. The van der Waals surface area contributed by atoms with Gasteiger partial charge in [-0.05, 0) is 46.1 Å². The molecule has 0 fully saturated rings. The summed E-state index contributed by atoms with van der Waals surface area (Å²) in [5.74, 6) is -0.298. The van der Waals surface area contributed by atoms with E-state index in [0.717, 1.165) is 11.1 Å². The molecule has 0 aliphatic carbocycles. The van der Waals surface area contributed by atoms with E-state index < -0.39 is 0 Å². The lowest BCUT2D eigenvalue weighted by Gasteiger charge is -2.00. The molecule has 0 amide bonds. The second-order valence-electron chi connectivity index (χ2n) is 2.59. The van der Waals surface area contributed by atoms with Crippen molar-refractivity contribution in [3.63, 3.8) is 0 Å². The van der Waals surface area contributed by atoms with E-state index >= 15 is 0 Å². The Morgan fingerprint density at radius 3 is 2.85 bits per heavy atom. The lowest BCUT2D eigenvalue weighted by molar-refractivity contribution is 0.621. The highest BCUT2D eigenvalue weighted by Crippen LogP contribution is 2.21. The predicted molar refractivity (Wildman–Crippen MR) is 53.4 cm³/mol. The maximum Gasteiger partial charge on any atom is 0.137 e. The fourth-order valence-corrected chi connectivity index (χ4v) is 1.30. The molecule has 1 aromatic rings. The summed E-state index contributed by atoms with van der Waals surface area (Å²) in [6.45, 7) is 1.81. The van der Waals surface area contributed by atoms with Crippen molar-refractivity contribution in [3.05, 3.63) is 40.1 Å². The number of halogens is 2. The van der Waals surface area contributed by atoms with Crippen LogP contribution >= 0.6 is 15.9 Å². The lowest BCUT2D eigenvalue weighted by atomic mass is 10.1. The van der Waals surface area contributed by atoms with Crippen LogP contribution in [0.4, 0.5) is 4.39 Å². The molecule has 1 aromatic carbocycles. The molecule has 66 valence electrons. The molecule has 0 unspecified atom stereocenters. The highest BCUT2D eigenvalue weighted by molar-refractivity contribution is 9.10. The first kappa shape index (κ1) is 9.94. The zero-order chi connectivity index (χ0) is 9.84. The Labute approximate surface area is 84.6 Å². The molecule has 0 aliphatic heterocycles. The van der Waals surface area contributed by atoms with Crippen LogP contribution in [0.1, 0.15) is 12.5 Å². The number of allylic oxidation sites excluding steroid dienone is 2. The average Bonchev–Trinajstić information content (AvgIpc) is 2.10. The molecule has 13 heavy (non-hydrogen) atoms. The first-order valence-corrected chi connectivity index (χ1v) is 4.46. The zero-order valence-electron chi connectivity index (χ0n) is 7.01. The normalized spacial score (nSPS) is 11.1. The van der Waals surface area contributed by atoms with Gasteiger partial charge in [0.25, 0.3) is 0 Å². The van der Waals surface area contributed by atoms with Crippen LogP contribution in [0, 0.1) is 17.1 Å². The summed E-state index contributed by atoms with van der Waals surface area (Å²) >= 11 is 3.08. The van der Waals surface area contributed by atoms with Crippen LogP contribution in [0.2, 0.25) is 0 Å². The zero-order valence-corrected chi connectivity index (χ0v) is 8.60. The molecule has 0 bridgehead atoms. The van der Waals surface area contributed by atoms with E-state index in [-0.39, 0.29) is 5.82 Å². The summed E-state index contributed by atoms with van der Waals surface area (Å²) in [4.78, 5) is 0. The molecule has 0 aliphatic rings. The number of rotatable bonds is 1. The number of nitriles is 1. The third-order valence-corrected chi connectivity index (χ3v) is 2.26. The van der Waals surface area contributed by atoms with Crippen molar-refractivity contribution in [2.24, 2.45) is 0 Å². The van der Waals surface area contributed by atoms with Gasteiger partial charge in [0.1, 0.15) is 5.82 Å². The van der Waals surface area contributed by atoms with Gasteiger partial charge >= 0.3 is 0 Å². The maximum atomic E-state index is 12.8. The Bertz CT molecular complexity index is 390. The summed E-state index contributed by atoms with van der Waals surface area (Å²) in [6, 6.07) is 6.59. The minimum atomic E-state index is -0.298. The van der Waals surface area contributed by atoms with Crippen LogP contribution in [0.5, 0.6) is 0 Å². The van der Waals surface area contributed by atoms with Crippen molar-refractivity contribution < 1.29 is 4.39 Å². The fourth-order valence-electron chi connectivity index (χ4n) is 0.922. The summed E-state index contributed by atoms with van der Waals surface area (Å²) < 4.78 is 13.2. The quantitative estimate of drug-likeness (QED) is 0.689. The van der Waals surface area contributed by atoms with E-state index in [0.29, 0.717) is 4.47 Å². The van der Waals surface area contributed by atoms with E-state index in [1.54, 1.807) is 12.1 Å². The van der Waals surface area contributed by atoms with Crippen LogP contribution in [-0.2, 0) is 0 Å². The van der Waals surface area contributed by atoms with Gasteiger partial charge in [-0.3, -0.25) is 0 Å². The van der Waals surface area contributed by atoms with Gasteiger partial charge in [0.2, 0.25) is 0 Å². The van der Waals surface area contributed by atoms with Crippen molar-refractivity contribution >= 4 is 21.5 Å². The molecular weight excluding hydrogens is 233 g/mol. The van der Waals surface area contributed by atoms with Crippen molar-refractivity contribution in [3.8, 4) is 6.07 Å². The molecule has 1 rings (SSSR count). The van der Waals surface area contributed by atoms with E-state index in [4.69, 9.17) is 5.26 Å². The van der Waals surface area contributed by atoms with Crippen LogP contribution in [0.3, 0.4) is 0 Å². The summed E-state index contributed by atoms with van der Waals surface area (Å²) in [5, 5.41) is 8.41. The third-order valence-electron chi connectivity index (χ3n) is 1.66. The minimum Gasteiger partial charge on any atom is -0.206 e. The number of hydrogen-bond donors (Lipinski definition) is 0. The predicted octanol–water partition coefficient (Wildman–Crippen LogP) is 3.52. The monoisotopic (exact) mass is 239 g/mol. The van der Waals surface area contributed by atoms with Crippen molar-refractivity contribution in [2.45, 2.75) is 6.92 Å². The van der Waals surface area contributed by atoms with E-state index in [2.05, 4.69) is 15.9 Å². The van der Waals surface area contributed by atoms with Crippen LogP contribution in [0.15, 0.2) is 28.7 Å². The lowest BCUT2D eigenvalue weighted by Crippen LogP contribution is -1.82. The fraction of sp³-hybridized carbons (Fsp3) is 0.100. The molecule has 0 N–H and O–H groups in total. The highest BCUT2D eigenvalue weighted by Gasteiger charge is 2.01. The van der Waals surface area contributed by atoms with Crippen molar-refractivity contribution in [1.29, 1.82) is 5.26 Å². The molecule has 1 nitrogen and oxygen atoms in total. The molecule has 3 heteroatoms. The summed E-state index contributed by atoms with van der Waals surface area (Å²) in [7, 11) is 0. The van der Waals surface area contributed by atoms with E-state index in [1.165, 1.54) is 12.1 Å². The van der Waals surface area contributed by atoms with Crippen molar-refractivity contribution in [1.82, 2.24) is 0 Å². The van der Waals surface area contributed by atoms with Gasteiger partial charge < -0.3 is 0 Å². The molecule has 0 spiro atoms. The smallest absolute Gasteiger partial charge is 0.137 e. The van der Waals surface area contributed by atoms with Gasteiger partial charge in [-0.1, -0.05) is 6.07 Å². The maximum absolute atomic E-state index is 12.8.